The molecule has 3 saturated carbocycles. The fraction of sp³-hybridized carbons (Fsp3) is 1.00. The number of hydrogen-bond donors (Lipinski definition) is 0. The maximum Gasteiger partial charge on any atom is -0.0352 e. The molecule has 0 atom stereocenters. The summed E-state index contributed by atoms with van der Waals surface area (Å²) in [5.41, 5.74) is 0. The molecule has 0 heteroatoms. The molecule has 0 aromatic rings. The van der Waals surface area contributed by atoms with Gasteiger partial charge in [0.2, 0.25) is 0 Å². The van der Waals surface area contributed by atoms with E-state index < -0.39 is 0 Å². The lowest BCUT2D eigenvalue weighted by Crippen LogP contribution is -2.39. The molecule has 0 bridgehead atoms. The quantitative estimate of drug-likeness (QED) is 0.518. The van der Waals surface area contributed by atoms with Crippen LogP contribution in [0, 0.1) is 23.7 Å². The zero-order valence-corrected chi connectivity index (χ0v) is 10.6. The fourth-order valence-corrected chi connectivity index (χ4v) is 4.02. The van der Waals surface area contributed by atoms with Crippen molar-refractivity contribution in [3.8, 4) is 0 Å². The van der Waals surface area contributed by atoms with Crippen molar-refractivity contribution in [1.82, 2.24) is 0 Å². The van der Waals surface area contributed by atoms with E-state index in [1.165, 1.54) is 23.7 Å². The predicted octanol–water partition coefficient (Wildman–Crippen LogP) is 4.89. The van der Waals surface area contributed by atoms with E-state index in [-0.39, 0.29) is 0 Å². The van der Waals surface area contributed by atoms with Gasteiger partial charge in [-0.1, -0.05) is 40.5 Å². The van der Waals surface area contributed by atoms with Crippen LogP contribution in [-0.2, 0) is 0 Å². The molecule has 84 valence electrons. The predicted molar refractivity (Wildman–Crippen MR) is 64.4 cm³/mol. The van der Waals surface area contributed by atoms with Gasteiger partial charge in [0, 0.05) is 0 Å². The first-order valence-electron chi connectivity index (χ1n) is 6.97. The van der Waals surface area contributed by atoms with Crippen molar-refractivity contribution in [3.63, 3.8) is 0 Å². The molecule has 0 saturated heterocycles. The normalized spacial score (nSPS) is 42.0. The summed E-state index contributed by atoms with van der Waals surface area (Å²) in [7, 11) is 0. The van der Waals surface area contributed by atoms with Crippen molar-refractivity contribution < 1.29 is 0 Å². The Labute approximate surface area is 90.5 Å². The van der Waals surface area contributed by atoms with Crippen molar-refractivity contribution in [2.75, 3.05) is 0 Å². The minimum atomic E-state index is 1.22. The lowest BCUT2D eigenvalue weighted by molar-refractivity contribution is 0.0302. The second-order valence-corrected chi connectivity index (χ2v) is 4.52. The minimum absolute atomic E-state index is 1.22. The first-order valence-corrected chi connectivity index (χ1v) is 6.97. The summed E-state index contributed by atoms with van der Waals surface area (Å²) in [6.07, 6.45) is 9.47. The average Bonchev–Trinajstić information content (AvgIpc) is 2.83. The van der Waals surface area contributed by atoms with Crippen molar-refractivity contribution in [1.29, 1.82) is 0 Å². The van der Waals surface area contributed by atoms with E-state index in [9.17, 15) is 0 Å². The molecule has 14 heavy (non-hydrogen) atoms. The Hall–Kier alpha value is 0. The van der Waals surface area contributed by atoms with Crippen molar-refractivity contribution in [3.05, 3.63) is 0 Å². The third-order valence-electron chi connectivity index (χ3n) is 4.35. The van der Waals surface area contributed by atoms with Crippen LogP contribution in [0.2, 0.25) is 0 Å². The highest BCUT2D eigenvalue weighted by atomic mass is 14.6. The number of hydrogen-bond acceptors (Lipinski definition) is 0. The highest BCUT2D eigenvalue weighted by Gasteiger charge is 2.53. The van der Waals surface area contributed by atoms with Crippen LogP contribution in [0.3, 0.4) is 0 Å². The standard InChI is InChI=1S/C10H16.2C2H6/c1-3-7-8(4-1)10-6-2-5-9(7)10;2*1-2/h7-10H,1-6H2;2*1-2H3. The monoisotopic (exact) mass is 196 g/mol. The van der Waals surface area contributed by atoms with Gasteiger partial charge in [0.25, 0.3) is 0 Å². The maximum absolute atomic E-state index is 2.00. The molecule has 3 fully saturated rings. The van der Waals surface area contributed by atoms with Crippen molar-refractivity contribution >= 4 is 0 Å². The Morgan fingerprint density at radius 2 is 0.714 bits per heavy atom. The van der Waals surface area contributed by atoms with Crippen LogP contribution < -0.4 is 0 Å². The molecule has 0 N–H and O–H groups in total. The van der Waals surface area contributed by atoms with Crippen molar-refractivity contribution in [2.24, 2.45) is 23.7 Å². The average molecular weight is 196 g/mol. The second-order valence-electron chi connectivity index (χ2n) is 4.52. The molecule has 0 heterocycles. The molecule has 0 aromatic carbocycles. The van der Waals surface area contributed by atoms with E-state index in [0.29, 0.717) is 0 Å². The topological polar surface area (TPSA) is 0 Å². The molecule has 0 aliphatic heterocycles. The molecule has 0 radical (unpaired) electrons. The van der Waals surface area contributed by atoms with Crippen LogP contribution in [0.4, 0.5) is 0 Å². The van der Waals surface area contributed by atoms with Gasteiger partial charge in [-0.3, -0.25) is 0 Å². The van der Waals surface area contributed by atoms with Gasteiger partial charge in [-0.2, -0.15) is 0 Å². The SMILES string of the molecule is C1CC2C(C1)C1CCCC21.CC.CC. The van der Waals surface area contributed by atoms with E-state index >= 15 is 0 Å². The molecule has 0 spiro atoms. The highest BCUT2D eigenvalue weighted by molar-refractivity contribution is 5.02. The summed E-state index contributed by atoms with van der Waals surface area (Å²) in [6, 6.07) is 0. The van der Waals surface area contributed by atoms with Gasteiger partial charge in [-0.15, -0.1) is 0 Å². The Morgan fingerprint density at radius 1 is 0.500 bits per heavy atom. The fourth-order valence-electron chi connectivity index (χ4n) is 4.02. The molecular formula is C14H28. The van der Waals surface area contributed by atoms with Crippen LogP contribution in [0.1, 0.15) is 66.2 Å². The maximum atomic E-state index is 2.00. The van der Waals surface area contributed by atoms with Gasteiger partial charge in [0.1, 0.15) is 0 Å². The number of fused-ring (bicyclic) bond motifs is 4. The van der Waals surface area contributed by atoms with E-state index in [1.807, 2.05) is 27.7 Å². The molecule has 0 nitrogen and oxygen atoms in total. The first-order chi connectivity index (χ1) is 6.97. The summed E-state index contributed by atoms with van der Waals surface area (Å²) in [4.78, 5) is 0. The second kappa shape index (κ2) is 5.78. The van der Waals surface area contributed by atoms with E-state index in [1.54, 1.807) is 38.5 Å². The Morgan fingerprint density at radius 3 is 0.929 bits per heavy atom. The highest BCUT2D eigenvalue weighted by Crippen LogP contribution is 2.61. The Kier molecular flexibility index (Phi) is 4.98. The number of rotatable bonds is 0. The molecule has 0 unspecified atom stereocenters. The molecule has 3 aliphatic rings. The molecule has 0 amide bonds. The van der Waals surface area contributed by atoms with Gasteiger partial charge in [-0.05, 0) is 49.4 Å². The molecule has 3 rings (SSSR count). The summed E-state index contributed by atoms with van der Waals surface area (Å²) < 4.78 is 0. The summed E-state index contributed by atoms with van der Waals surface area (Å²) >= 11 is 0. The molecule has 3 aliphatic carbocycles. The Balaban J connectivity index is 0.000000222. The van der Waals surface area contributed by atoms with E-state index in [0.717, 1.165) is 0 Å². The molecular weight excluding hydrogens is 168 g/mol. The van der Waals surface area contributed by atoms with Gasteiger partial charge in [-0.25, -0.2) is 0 Å². The molecule has 0 aromatic heterocycles. The lowest BCUT2D eigenvalue weighted by atomic mass is 9.60. The zero-order valence-electron chi connectivity index (χ0n) is 10.6. The van der Waals surface area contributed by atoms with Crippen LogP contribution in [0.25, 0.3) is 0 Å². The lowest BCUT2D eigenvalue weighted by Gasteiger charge is -2.45. The van der Waals surface area contributed by atoms with Crippen LogP contribution in [0.15, 0.2) is 0 Å². The first kappa shape index (κ1) is 12.1. The Bertz CT molecular complexity index is 108. The van der Waals surface area contributed by atoms with Crippen LogP contribution in [0.5, 0.6) is 0 Å². The summed E-state index contributed by atoms with van der Waals surface area (Å²) in [6.45, 7) is 8.00. The third-order valence-corrected chi connectivity index (χ3v) is 4.35. The van der Waals surface area contributed by atoms with Gasteiger partial charge >= 0.3 is 0 Å². The summed E-state index contributed by atoms with van der Waals surface area (Å²) in [5, 5.41) is 0. The summed E-state index contributed by atoms with van der Waals surface area (Å²) in [5.74, 6) is 4.86. The smallest absolute Gasteiger partial charge is 0.0352 e. The third kappa shape index (κ3) is 1.85. The largest absolute Gasteiger partial charge is 0.0683 e. The minimum Gasteiger partial charge on any atom is -0.0683 e. The van der Waals surface area contributed by atoms with E-state index in [2.05, 4.69) is 0 Å². The van der Waals surface area contributed by atoms with Crippen LogP contribution in [-0.4, -0.2) is 0 Å². The van der Waals surface area contributed by atoms with E-state index in [4.69, 9.17) is 0 Å². The van der Waals surface area contributed by atoms with Crippen molar-refractivity contribution in [2.45, 2.75) is 66.2 Å². The van der Waals surface area contributed by atoms with Gasteiger partial charge in [0.05, 0.1) is 0 Å². The zero-order chi connectivity index (χ0) is 10.6. The van der Waals surface area contributed by atoms with Crippen LogP contribution >= 0.6 is 0 Å². The van der Waals surface area contributed by atoms with Gasteiger partial charge < -0.3 is 0 Å². The van der Waals surface area contributed by atoms with Gasteiger partial charge in [0.15, 0.2) is 0 Å².